The van der Waals surface area contributed by atoms with Crippen LogP contribution in [0.25, 0.3) is 0 Å². The fourth-order valence-corrected chi connectivity index (χ4v) is 3.33. The minimum Gasteiger partial charge on any atom is -0.496 e. The van der Waals surface area contributed by atoms with Crippen molar-refractivity contribution in [1.82, 2.24) is 10.2 Å². The predicted molar refractivity (Wildman–Crippen MR) is 90.4 cm³/mol. The summed E-state index contributed by atoms with van der Waals surface area (Å²) < 4.78 is 5.34. The van der Waals surface area contributed by atoms with E-state index in [0.717, 1.165) is 37.1 Å². The van der Waals surface area contributed by atoms with Crippen molar-refractivity contribution in [2.45, 2.75) is 38.3 Å². The average molecular weight is 320 g/mol. The quantitative estimate of drug-likeness (QED) is 0.806. The van der Waals surface area contributed by atoms with Crippen LogP contribution in [0.3, 0.4) is 0 Å². The van der Waals surface area contributed by atoms with E-state index in [9.17, 15) is 9.90 Å². The Morgan fingerprint density at radius 3 is 2.83 bits per heavy atom. The summed E-state index contributed by atoms with van der Waals surface area (Å²) in [6, 6.07) is 7.60. The molecule has 1 aromatic carbocycles. The molecule has 1 amide bonds. The first kappa shape index (κ1) is 17.8. The van der Waals surface area contributed by atoms with Crippen LogP contribution in [-0.4, -0.2) is 49.3 Å². The van der Waals surface area contributed by atoms with Crippen LogP contribution in [0, 0.1) is 5.92 Å². The van der Waals surface area contributed by atoms with Gasteiger partial charge >= 0.3 is 0 Å². The summed E-state index contributed by atoms with van der Waals surface area (Å²) in [5, 5.41) is 12.9. The molecule has 3 atom stereocenters. The van der Waals surface area contributed by atoms with Crippen molar-refractivity contribution < 1.29 is 14.6 Å². The molecule has 5 nitrogen and oxygen atoms in total. The zero-order valence-electron chi connectivity index (χ0n) is 14.3. The summed E-state index contributed by atoms with van der Waals surface area (Å²) in [6.45, 7) is 3.05. The molecule has 5 heteroatoms. The maximum absolute atomic E-state index is 12.2. The number of para-hydroxylation sites is 1. The van der Waals surface area contributed by atoms with Gasteiger partial charge in [0, 0.05) is 12.1 Å². The van der Waals surface area contributed by atoms with Crippen LogP contribution in [0.5, 0.6) is 5.75 Å². The Balaban J connectivity index is 1.83. The standard InChI is InChI=1S/C18H28N2O3/c1-13(15-8-4-5-10-17(15)23-3)19-18(22)12-20(2)11-14-7-6-9-16(14)21/h4-5,8,10,13-14,16,21H,6-7,9,11-12H2,1-3H3,(H,19,22). The minimum atomic E-state index is -0.215. The number of benzene rings is 1. The number of ether oxygens (including phenoxy) is 1. The molecule has 1 saturated carbocycles. The van der Waals surface area contributed by atoms with Crippen molar-refractivity contribution >= 4 is 5.91 Å². The topological polar surface area (TPSA) is 61.8 Å². The lowest BCUT2D eigenvalue weighted by molar-refractivity contribution is -0.122. The van der Waals surface area contributed by atoms with Crippen molar-refractivity contribution in [2.75, 3.05) is 27.2 Å². The van der Waals surface area contributed by atoms with Crippen LogP contribution in [-0.2, 0) is 4.79 Å². The van der Waals surface area contributed by atoms with E-state index in [-0.39, 0.29) is 18.1 Å². The Bertz CT molecular complexity index is 521. The molecule has 1 aromatic rings. The molecular weight excluding hydrogens is 292 g/mol. The summed E-state index contributed by atoms with van der Waals surface area (Å²) in [5.74, 6) is 1.06. The Labute approximate surface area is 138 Å². The first-order chi connectivity index (χ1) is 11.0. The van der Waals surface area contributed by atoms with Gasteiger partial charge < -0.3 is 15.2 Å². The predicted octanol–water partition coefficient (Wildman–Crippen LogP) is 1.97. The van der Waals surface area contributed by atoms with Gasteiger partial charge in [-0.2, -0.15) is 0 Å². The fourth-order valence-electron chi connectivity index (χ4n) is 3.33. The summed E-state index contributed by atoms with van der Waals surface area (Å²) in [7, 11) is 3.56. The molecule has 0 radical (unpaired) electrons. The number of amides is 1. The molecule has 0 spiro atoms. The Hall–Kier alpha value is -1.59. The van der Waals surface area contributed by atoms with Gasteiger partial charge in [0.05, 0.1) is 25.8 Å². The van der Waals surface area contributed by atoms with Crippen molar-refractivity contribution in [1.29, 1.82) is 0 Å². The molecule has 128 valence electrons. The molecule has 0 aromatic heterocycles. The highest BCUT2D eigenvalue weighted by Gasteiger charge is 2.26. The van der Waals surface area contributed by atoms with Crippen molar-refractivity contribution in [3.8, 4) is 5.75 Å². The van der Waals surface area contributed by atoms with Crippen LogP contribution in [0.2, 0.25) is 0 Å². The molecule has 1 fully saturated rings. The zero-order valence-corrected chi connectivity index (χ0v) is 14.3. The zero-order chi connectivity index (χ0) is 16.8. The Morgan fingerprint density at radius 2 is 2.17 bits per heavy atom. The van der Waals surface area contributed by atoms with Gasteiger partial charge in [0.25, 0.3) is 0 Å². The smallest absolute Gasteiger partial charge is 0.234 e. The lowest BCUT2D eigenvalue weighted by atomic mass is 10.1. The molecule has 0 bridgehead atoms. The maximum Gasteiger partial charge on any atom is 0.234 e. The number of rotatable bonds is 7. The van der Waals surface area contributed by atoms with E-state index >= 15 is 0 Å². The van der Waals surface area contributed by atoms with Gasteiger partial charge in [-0.05, 0) is 38.8 Å². The largest absolute Gasteiger partial charge is 0.496 e. The second-order valence-corrected chi connectivity index (χ2v) is 6.49. The number of nitrogens with one attached hydrogen (secondary N) is 1. The molecule has 0 heterocycles. The molecule has 0 saturated heterocycles. The van der Waals surface area contributed by atoms with Gasteiger partial charge in [-0.25, -0.2) is 0 Å². The van der Waals surface area contributed by atoms with E-state index in [4.69, 9.17) is 4.74 Å². The number of carbonyl (C=O) groups is 1. The minimum absolute atomic E-state index is 0.0154. The van der Waals surface area contributed by atoms with E-state index in [2.05, 4.69) is 5.32 Å². The van der Waals surface area contributed by atoms with Gasteiger partial charge in [-0.1, -0.05) is 24.6 Å². The van der Waals surface area contributed by atoms with Gasteiger partial charge in [0.15, 0.2) is 0 Å². The highest BCUT2D eigenvalue weighted by atomic mass is 16.5. The van der Waals surface area contributed by atoms with Gasteiger partial charge in [-0.3, -0.25) is 9.69 Å². The molecule has 3 unspecified atom stereocenters. The van der Waals surface area contributed by atoms with E-state index in [0.29, 0.717) is 12.5 Å². The number of likely N-dealkylation sites (N-methyl/N-ethyl adjacent to an activating group) is 1. The molecule has 2 N–H and O–H groups in total. The van der Waals surface area contributed by atoms with Crippen LogP contribution in [0.1, 0.15) is 37.8 Å². The van der Waals surface area contributed by atoms with Crippen LogP contribution in [0.15, 0.2) is 24.3 Å². The maximum atomic E-state index is 12.2. The number of aliphatic hydroxyl groups excluding tert-OH is 1. The second kappa shape index (κ2) is 8.31. The summed E-state index contributed by atoms with van der Waals surface area (Å²) in [5.41, 5.74) is 0.970. The van der Waals surface area contributed by atoms with Crippen molar-refractivity contribution in [3.63, 3.8) is 0 Å². The molecular formula is C18H28N2O3. The highest BCUT2D eigenvalue weighted by molar-refractivity contribution is 5.78. The number of aliphatic hydroxyl groups is 1. The molecule has 0 aliphatic heterocycles. The molecule has 2 rings (SSSR count). The second-order valence-electron chi connectivity index (χ2n) is 6.49. The number of hydrogen-bond donors (Lipinski definition) is 2. The molecule has 1 aliphatic carbocycles. The van der Waals surface area contributed by atoms with Gasteiger partial charge in [0.1, 0.15) is 5.75 Å². The number of nitrogens with zero attached hydrogens (tertiary/aromatic N) is 1. The highest BCUT2D eigenvalue weighted by Crippen LogP contribution is 2.26. The van der Waals surface area contributed by atoms with Crippen LogP contribution >= 0.6 is 0 Å². The summed E-state index contributed by atoms with van der Waals surface area (Å²) >= 11 is 0. The van der Waals surface area contributed by atoms with Crippen LogP contribution < -0.4 is 10.1 Å². The Kier molecular flexibility index (Phi) is 6.42. The first-order valence-corrected chi connectivity index (χ1v) is 8.30. The average Bonchev–Trinajstić information content (AvgIpc) is 2.91. The Morgan fingerprint density at radius 1 is 1.43 bits per heavy atom. The lowest BCUT2D eigenvalue weighted by Gasteiger charge is -2.24. The monoisotopic (exact) mass is 320 g/mol. The van der Waals surface area contributed by atoms with E-state index < -0.39 is 0 Å². The normalized spacial score (nSPS) is 22.1. The summed E-state index contributed by atoms with van der Waals surface area (Å²) in [6.07, 6.45) is 2.80. The van der Waals surface area contributed by atoms with Crippen molar-refractivity contribution in [3.05, 3.63) is 29.8 Å². The third-order valence-electron chi connectivity index (χ3n) is 4.56. The lowest BCUT2D eigenvalue weighted by Crippen LogP contribution is -2.39. The molecule has 23 heavy (non-hydrogen) atoms. The SMILES string of the molecule is COc1ccccc1C(C)NC(=O)CN(C)CC1CCCC1O. The number of carbonyl (C=O) groups excluding carboxylic acids is 1. The fraction of sp³-hybridized carbons (Fsp3) is 0.611. The van der Waals surface area contributed by atoms with E-state index in [1.165, 1.54) is 0 Å². The number of hydrogen-bond acceptors (Lipinski definition) is 4. The van der Waals surface area contributed by atoms with Crippen LogP contribution in [0.4, 0.5) is 0 Å². The third-order valence-corrected chi connectivity index (χ3v) is 4.56. The van der Waals surface area contributed by atoms with Gasteiger partial charge in [-0.15, -0.1) is 0 Å². The van der Waals surface area contributed by atoms with E-state index in [1.54, 1.807) is 7.11 Å². The molecule has 1 aliphatic rings. The number of methoxy groups -OCH3 is 1. The van der Waals surface area contributed by atoms with Crippen molar-refractivity contribution in [2.24, 2.45) is 5.92 Å². The first-order valence-electron chi connectivity index (χ1n) is 8.30. The summed E-state index contributed by atoms with van der Waals surface area (Å²) in [4.78, 5) is 14.2. The third kappa shape index (κ3) is 4.94. The van der Waals surface area contributed by atoms with Gasteiger partial charge in [0.2, 0.25) is 5.91 Å². The van der Waals surface area contributed by atoms with E-state index in [1.807, 2.05) is 43.1 Å².